The van der Waals surface area contributed by atoms with E-state index in [-0.39, 0.29) is 36.7 Å². The number of fused-ring (bicyclic) bond motifs is 2. The summed E-state index contributed by atoms with van der Waals surface area (Å²) in [6.45, 7) is 3.65. The van der Waals surface area contributed by atoms with E-state index in [0.29, 0.717) is 34.2 Å². The second kappa shape index (κ2) is 13.6. The zero-order valence-electron chi connectivity index (χ0n) is 25.7. The second-order valence-corrected chi connectivity index (χ2v) is 13.1. The Kier molecular flexibility index (Phi) is 9.73. The molecule has 12 nitrogen and oxygen atoms in total. The van der Waals surface area contributed by atoms with Crippen molar-refractivity contribution in [2.24, 2.45) is 5.73 Å². The van der Waals surface area contributed by atoms with Crippen molar-refractivity contribution in [1.82, 2.24) is 0 Å². The summed E-state index contributed by atoms with van der Waals surface area (Å²) in [7, 11) is -4.19. The number of carbonyl (C=O) groups is 2. The van der Waals surface area contributed by atoms with E-state index in [4.69, 9.17) is 21.8 Å². The van der Waals surface area contributed by atoms with Crippen molar-refractivity contribution in [1.29, 1.82) is 0 Å². The smallest absolute Gasteiger partial charge is 0.374 e. The SMILES string of the molecule is Cc1ccc(-c2ccc3oc(C=CC=C4N(CCO)c5cc(Cl)c(C(N)=O)cc5N4CC(=O)O)[n+](CCCS(=O)(=O)O)c3c2)cc1C. The molecule has 0 spiro atoms. The third kappa shape index (κ3) is 7.33. The van der Waals surface area contributed by atoms with Crippen LogP contribution < -0.4 is 20.1 Å². The molecule has 246 valence electrons. The summed E-state index contributed by atoms with van der Waals surface area (Å²) >= 11 is 6.32. The molecule has 5 N–H and O–H groups in total. The zero-order valence-corrected chi connectivity index (χ0v) is 27.3. The van der Waals surface area contributed by atoms with Crippen LogP contribution in [0.2, 0.25) is 5.02 Å². The van der Waals surface area contributed by atoms with Gasteiger partial charge in [0.2, 0.25) is 11.5 Å². The van der Waals surface area contributed by atoms with E-state index < -0.39 is 34.3 Å². The molecule has 0 unspecified atom stereocenters. The van der Waals surface area contributed by atoms with Crippen LogP contribution >= 0.6 is 11.6 Å². The van der Waals surface area contributed by atoms with Crippen LogP contribution in [0.25, 0.3) is 28.3 Å². The lowest BCUT2D eigenvalue weighted by Crippen LogP contribution is -2.36. The van der Waals surface area contributed by atoms with Gasteiger partial charge in [-0.25, -0.2) is 0 Å². The molecule has 0 radical (unpaired) electrons. The summed E-state index contributed by atoms with van der Waals surface area (Å²) in [5, 5.41) is 19.6. The van der Waals surface area contributed by atoms with Crippen molar-refractivity contribution >= 4 is 62.1 Å². The summed E-state index contributed by atoms with van der Waals surface area (Å²) in [5.74, 6) is -1.59. The van der Waals surface area contributed by atoms with Gasteiger partial charge in [-0.15, -0.1) is 0 Å². The number of rotatable bonds is 12. The van der Waals surface area contributed by atoms with E-state index in [9.17, 15) is 32.8 Å². The van der Waals surface area contributed by atoms with E-state index in [0.717, 1.165) is 16.7 Å². The van der Waals surface area contributed by atoms with Crippen molar-refractivity contribution < 1.29 is 41.8 Å². The van der Waals surface area contributed by atoms with Gasteiger partial charge in [-0.05, 0) is 66.5 Å². The van der Waals surface area contributed by atoms with Gasteiger partial charge in [-0.3, -0.25) is 14.1 Å². The van der Waals surface area contributed by atoms with E-state index in [1.165, 1.54) is 22.6 Å². The molecule has 3 aromatic carbocycles. The fourth-order valence-corrected chi connectivity index (χ4v) is 6.30. The van der Waals surface area contributed by atoms with Crippen LogP contribution in [0.1, 0.15) is 33.8 Å². The van der Waals surface area contributed by atoms with Crippen LogP contribution in [0.15, 0.2) is 70.9 Å². The van der Waals surface area contributed by atoms with Crippen LogP contribution in [-0.4, -0.2) is 60.5 Å². The topological polar surface area (TPSA) is 178 Å². The highest BCUT2D eigenvalue weighted by Gasteiger charge is 2.34. The Hall–Kier alpha value is -4.69. The highest BCUT2D eigenvalue weighted by atomic mass is 35.5. The second-order valence-electron chi connectivity index (χ2n) is 11.1. The maximum Gasteiger partial charge on any atom is 0.374 e. The number of aromatic nitrogens is 1. The van der Waals surface area contributed by atoms with E-state index in [1.54, 1.807) is 23.1 Å². The number of amides is 1. The van der Waals surface area contributed by atoms with Gasteiger partial charge in [0.1, 0.15) is 12.4 Å². The number of carboxylic acids is 1. The summed E-state index contributed by atoms with van der Waals surface area (Å²) in [6.07, 6.45) is 5.03. The minimum atomic E-state index is -4.19. The minimum absolute atomic E-state index is 0.0231. The number of carbonyl (C=O) groups excluding carboxylic acids is 1. The third-order valence-corrected chi connectivity index (χ3v) is 9.04. The predicted octanol–water partition coefficient (Wildman–Crippen LogP) is 4.29. The highest BCUT2D eigenvalue weighted by Crippen LogP contribution is 2.44. The van der Waals surface area contributed by atoms with E-state index in [1.807, 2.05) is 48.7 Å². The average Bonchev–Trinajstić information content (AvgIpc) is 3.47. The Morgan fingerprint density at radius 2 is 1.72 bits per heavy atom. The number of aryl methyl sites for hydroxylation is 3. The maximum atomic E-state index is 12.0. The van der Waals surface area contributed by atoms with Gasteiger partial charge < -0.3 is 30.2 Å². The zero-order chi connectivity index (χ0) is 34.0. The Balaban J connectivity index is 1.58. The van der Waals surface area contributed by atoms with Crippen LogP contribution in [-0.2, 0) is 21.5 Å². The molecule has 0 saturated heterocycles. The van der Waals surface area contributed by atoms with Crippen LogP contribution in [0.3, 0.4) is 0 Å². The lowest BCUT2D eigenvalue weighted by Gasteiger charge is -2.23. The first-order valence-corrected chi connectivity index (χ1v) is 16.6. The monoisotopic (exact) mass is 681 g/mol. The number of halogens is 1. The number of aliphatic hydroxyl groups excluding tert-OH is 1. The molecule has 1 aliphatic heterocycles. The largest absolute Gasteiger partial charge is 0.480 e. The third-order valence-electron chi connectivity index (χ3n) is 7.92. The van der Waals surface area contributed by atoms with Crippen LogP contribution in [0.4, 0.5) is 11.4 Å². The summed E-state index contributed by atoms with van der Waals surface area (Å²) in [6, 6.07) is 14.8. The van der Waals surface area contributed by atoms with Crippen molar-refractivity contribution in [3.05, 3.63) is 94.1 Å². The molecule has 1 aliphatic rings. The number of aliphatic carboxylic acids is 1. The fourth-order valence-electron chi connectivity index (χ4n) is 5.56. The summed E-state index contributed by atoms with van der Waals surface area (Å²) in [4.78, 5) is 27.0. The lowest BCUT2D eigenvalue weighted by atomic mass is 10.0. The number of carboxylic acid groups (broad SMARTS) is 1. The number of anilines is 2. The number of hydrogen-bond acceptors (Lipinski definition) is 8. The molecule has 0 aliphatic carbocycles. The predicted molar refractivity (Wildman–Crippen MR) is 179 cm³/mol. The molecule has 5 rings (SSSR count). The van der Waals surface area contributed by atoms with Crippen LogP contribution in [0.5, 0.6) is 0 Å². The van der Waals surface area contributed by atoms with Gasteiger partial charge in [0.15, 0.2) is 6.54 Å². The van der Waals surface area contributed by atoms with Gasteiger partial charge in [0, 0.05) is 19.0 Å². The maximum absolute atomic E-state index is 12.0. The van der Waals surface area contributed by atoms with Gasteiger partial charge in [-0.2, -0.15) is 13.0 Å². The Bertz CT molecular complexity index is 2050. The van der Waals surface area contributed by atoms with Gasteiger partial charge in [-0.1, -0.05) is 35.9 Å². The minimum Gasteiger partial charge on any atom is -0.480 e. The van der Waals surface area contributed by atoms with Crippen molar-refractivity contribution in [2.45, 2.75) is 26.8 Å². The average molecular weight is 682 g/mol. The molecule has 0 bridgehead atoms. The van der Waals surface area contributed by atoms with Crippen molar-refractivity contribution in [2.75, 3.05) is 35.2 Å². The summed E-state index contributed by atoms with van der Waals surface area (Å²) < 4.78 is 40.3. The van der Waals surface area contributed by atoms with E-state index >= 15 is 0 Å². The first kappa shape index (κ1) is 33.7. The molecule has 2 heterocycles. The molecule has 14 heteroatoms. The summed E-state index contributed by atoms with van der Waals surface area (Å²) in [5.41, 5.74) is 11.9. The molecular formula is C33H34ClN4O8S+. The first-order valence-electron chi connectivity index (χ1n) is 14.7. The number of aliphatic hydroxyl groups is 1. The number of hydrogen-bond donors (Lipinski definition) is 4. The molecule has 4 aromatic rings. The molecule has 47 heavy (non-hydrogen) atoms. The van der Waals surface area contributed by atoms with Gasteiger partial charge >= 0.3 is 11.9 Å². The normalized spacial score (nSPS) is 14.1. The number of allylic oxidation sites excluding steroid dienone is 2. The standard InChI is InChI=1S/C33H33ClN4O8S/c1-20-7-8-22(15-21(20)2)23-9-10-29-28(16-23)37(11-4-14-47(43,44)45)31(46-29)6-3-5-30-36(12-13-39)27-18-25(34)24(33(35)42)17-26(27)38(30)19-32(40)41/h3,5-10,15-18,39H,4,11-14,19H2,1-2H3,(H3-,35,40,41,42,43,44,45)/p+1. The molecule has 0 saturated carbocycles. The Morgan fingerprint density at radius 3 is 2.38 bits per heavy atom. The highest BCUT2D eigenvalue weighted by molar-refractivity contribution is 7.85. The lowest BCUT2D eigenvalue weighted by molar-refractivity contribution is -0.677. The van der Waals surface area contributed by atoms with Gasteiger partial charge in [0.25, 0.3) is 15.6 Å². The van der Waals surface area contributed by atoms with Crippen molar-refractivity contribution in [3.63, 3.8) is 0 Å². The Labute approximate surface area is 276 Å². The molecule has 0 atom stereocenters. The molecule has 1 aromatic heterocycles. The Morgan fingerprint density at radius 1 is 1.02 bits per heavy atom. The molecule has 1 amide bonds. The van der Waals surface area contributed by atoms with Gasteiger partial charge in [0.05, 0.1) is 40.4 Å². The van der Waals surface area contributed by atoms with Crippen LogP contribution in [0, 0.1) is 13.8 Å². The quantitative estimate of drug-likeness (QED) is 0.125. The number of primary amides is 1. The fraction of sp³-hybridized carbons (Fsp3) is 0.242. The van der Waals surface area contributed by atoms with E-state index in [2.05, 4.69) is 6.07 Å². The number of oxazole rings is 1. The number of benzene rings is 3. The number of nitrogens with two attached hydrogens (primary N) is 1. The molecular weight excluding hydrogens is 648 g/mol. The number of nitrogens with zero attached hydrogens (tertiary/aromatic N) is 3. The van der Waals surface area contributed by atoms with Crippen molar-refractivity contribution in [3.8, 4) is 11.1 Å². The first-order chi connectivity index (χ1) is 22.3. The number of β-amino-alcohol motifs (C(OH)–C–C–N with tert-alkyl or cyclic N) is 1. The molecule has 0 fully saturated rings.